The molecule has 2 N–H and O–H groups in total. The molecule has 0 saturated carbocycles. The number of hydrogen-bond donors (Lipinski definition) is 1. The van der Waals surface area contributed by atoms with Crippen LogP contribution in [0.1, 0.15) is 61.1 Å². The first-order valence-corrected chi connectivity index (χ1v) is 20.6. The number of nitrogens with two attached hydrogens (primary N) is 1. The fourth-order valence-corrected chi connectivity index (χ4v) is 8.97. The Balaban J connectivity index is 0.000000132. The molecule has 0 atom stereocenters. The van der Waals surface area contributed by atoms with Crippen molar-refractivity contribution in [2.45, 2.75) is 44.9 Å². The smallest absolute Gasteiger partial charge is 0.0320 e. The van der Waals surface area contributed by atoms with E-state index in [-0.39, 0.29) is 10.8 Å². The maximum atomic E-state index is 5.70. The minimum atomic E-state index is 0.0633. The molecule has 1 nitrogen and oxygen atoms in total. The van der Waals surface area contributed by atoms with Crippen molar-refractivity contribution < 1.29 is 0 Å². The summed E-state index contributed by atoms with van der Waals surface area (Å²) in [6.45, 7) is 9.28. The number of halogens is 1. The van der Waals surface area contributed by atoms with Crippen molar-refractivity contribution in [2.24, 2.45) is 0 Å². The van der Waals surface area contributed by atoms with Crippen molar-refractivity contribution in [3.63, 3.8) is 0 Å². The van der Waals surface area contributed by atoms with E-state index in [1.807, 2.05) is 36.4 Å². The van der Waals surface area contributed by atoms with Gasteiger partial charge in [-0.3, -0.25) is 0 Å². The molecule has 0 spiro atoms. The number of fused-ring (bicyclic) bond motifs is 6. The van der Waals surface area contributed by atoms with Gasteiger partial charge < -0.3 is 5.73 Å². The molecule has 0 saturated heterocycles. The second-order valence-electron chi connectivity index (χ2n) is 16.1. The molecule has 8 aromatic carbocycles. The molecule has 0 heterocycles. The Morgan fingerprint density at radius 2 is 0.807 bits per heavy atom. The molecular weight excluding hydrogens is 755 g/mol. The van der Waals surface area contributed by atoms with Crippen molar-refractivity contribution in [3.05, 3.63) is 232 Å². The van der Waals surface area contributed by atoms with Crippen LogP contribution in [0.2, 0.25) is 0 Å². The van der Waals surface area contributed by atoms with Crippen LogP contribution in [0.5, 0.6) is 0 Å². The summed E-state index contributed by atoms with van der Waals surface area (Å²) in [5, 5.41) is 0. The van der Waals surface area contributed by atoms with Crippen LogP contribution in [0.3, 0.4) is 0 Å². The summed E-state index contributed by atoms with van der Waals surface area (Å²) in [5.74, 6) is 0. The largest absolute Gasteiger partial charge is 0.399 e. The predicted octanol–water partition coefficient (Wildman–Crippen LogP) is 14.9. The zero-order chi connectivity index (χ0) is 39.6. The van der Waals surface area contributed by atoms with E-state index in [9.17, 15) is 0 Å². The van der Waals surface area contributed by atoms with E-state index in [1.165, 1.54) is 77.9 Å². The van der Waals surface area contributed by atoms with E-state index in [2.05, 4.69) is 201 Å². The lowest BCUT2D eigenvalue weighted by atomic mass is 9.81. The van der Waals surface area contributed by atoms with Crippen LogP contribution in [-0.2, 0) is 17.3 Å². The van der Waals surface area contributed by atoms with Gasteiger partial charge in [-0.15, -0.1) is 0 Å². The second kappa shape index (κ2) is 15.9. The highest BCUT2D eigenvalue weighted by Gasteiger charge is 2.36. The average Bonchev–Trinajstić information content (AvgIpc) is 3.61. The van der Waals surface area contributed by atoms with Gasteiger partial charge in [0.2, 0.25) is 0 Å². The summed E-state index contributed by atoms with van der Waals surface area (Å²) in [6, 6.07) is 68.8. The first-order chi connectivity index (χ1) is 27.6. The topological polar surface area (TPSA) is 26.0 Å². The van der Waals surface area contributed by atoms with Crippen LogP contribution in [-0.4, -0.2) is 0 Å². The number of benzene rings is 8. The van der Waals surface area contributed by atoms with Crippen molar-refractivity contribution in [1.82, 2.24) is 0 Å². The van der Waals surface area contributed by atoms with E-state index in [0.717, 1.165) is 16.6 Å². The summed E-state index contributed by atoms with van der Waals surface area (Å²) in [7, 11) is 0. The van der Waals surface area contributed by atoms with E-state index in [1.54, 1.807) is 0 Å². The van der Waals surface area contributed by atoms with Gasteiger partial charge >= 0.3 is 0 Å². The average molecular weight is 803 g/mol. The van der Waals surface area contributed by atoms with Crippen LogP contribution in [0.15, 0.2) is 199 Å². The SMILES string of the molecule is CC1(C)c2ccccc2-c2ccc(Br)cc21.CC1(C)c2ccccc2-c2ccc(Cc3cccc(-c4ccccc4)c3)cc21.Nc1cccc(-c2ccccc2)c1. The molecule has 0 aliphatic heterocycles. The zero-order valence-electron chi connectivity index (χ0n) is 33.1. The number of hydrogen-bond acceptors (Lipinski definition) is 1. The molecule has 2 heteroatoms. The predicted molar refractivity (Wildman–Crippen MR) is 247 cm³/mol. The molecule has 280 valence electrons. The fraction of sp³-hybridized carbons (Fsp3) is 0.127. The second-order valence-corrected chi connectivity index (χ2v) is 17.1. The lowest BCUT2D eigenvalue weighted by Crippen LogP contribution is -2.15. The number of nitrogen functional groups attached to an aromatic ring is 1. The zero-order valence-corrected chi connectivity index (χ0v) is 34.7. The van der Waals surface area contributed by atoms with Crippen molar-refractivity contribution in [2.75, 3.05) is 5.73 Å². The molecule has 0 bridgehead atoms. The quantitative estimate of drug-likeness (QED) is 0.176. The Bertz CT molecular complexity index is 2670. The standard InChI is InChI=1S/C28H24.C15H13Br.C12H11N/c1-28(2)26-14-7-6-13-24(26)25-16-15-21(19-27(25)28)17-20-9-8-12-23(18-20)22-10-4-3-5-11-22;1-15(2)13-6-4-3-5-11(13)12-8-7-10(16)9-14(12)15;13-12-8-4-7-11(9-12)10-5-2-1-3-6-10/h3-16,18-19H,17H2,1-2H3;3-9H,1-2H3;1-9H,13H2. The van der Waals surface area contributed by atoms with Gasteiger partial charge in [-0.25, -0.2) is 0 Å². The van der Waals surface area contributed by atoms with Gasteiger partial charge in [-0.2, -0.15) is 0 Å². The summed E-state index contributed by atoms with van der Waals surface area (Å²) >= 11 is 3.56. The molecule has 10 rings (SSSR count). The van der Waals surface area contributed by atoms with E-state index >= 15 is 0 Å². The molecule has 2 aliphatic rings. The normalized spacial score (nSPS) is 13.4. The van der Waals surface area contributed by atoms with Gasteiger partial charge in [0.15, 0.2) is 0 Å². The molecule has 8 aromatic rings. The lowest BCUT2D eigenvalue weighted by molar-refractivity contribution is 0.659. The third-order valence-corrected chi connectivity index (χ3v) is 12.1. The van der Waals surface area contributed by atoms with E-state index in [4.69, 9.17) is 5.73 Å². The number of rotatable bonds is 4. The van der Waals surface area contributed by atoms with Crippen LogP contribution in [0.4, 0.5) is 5.69 Å². The molecule has 0 fully saturated rings. The summed E-state index contributed by atoms with van der Waals surface area (Å²) in [5.41, 5.74) is 25.6. The van der Waals surface area contributed by atoms with E-state index < -0.39 is 0 Å². The third kappa shape index (κ3) is 7.75. The Morgan fingerprint density at radius 1 is 0.368 bits per heavy atom. The Hall–Kier alpha value is -5.96. The van der Waals surface area contributed by atoms with Gasteiger partial charge in [0.25, 0.3) is 0 Å². The number of anilines is 1. The van der Waals surface area contributed by atoms with Crippen molar-refractivity contribution in [3.8, 4) is 44.5 Å². The van der Waals surface area contributed by atoms with Crippen molar-refractivity contribution in [1.29, 1.82) is 0 Å². The van der Waals surface area contributed by atoms with Gasteiger partial charge in [0.05, 0.1) is 0 Å². The molecule has 2 aliphatic carbocycles. The molecule has 0 unspecified atom stereocenters. The molecule has 57 heavy (non-hydrogen) atoms. The molecular formula is C55H48BrN. The summed E-state index contributed by atoms with van der Waals surface area (Å²) in [4.78, 5) is 0. The maximum absolute atomic E-state index is 5.70. The van der Waals surface area contributed by atoms with Crippen LogP contribution in [0, 0.1) is 0 Å². The van der Waals surface area contributed by atoms with Gasteiger partial charge in [0, 0.05) is 21.0 Å². The summed E-state index contributed by atoms with van der Waals surface area (Å²) < 4.78 is 1.16. The molecule has 0 radical (unpaired) electrons. The summed E-state index contributed by atoms with van der Waals surface area (Å²) in [6.07, 6.45) is 0.959. The van der Waals surface area contributed by atoms with Crippen LogP contribution in [0.25, 0.3) is 44.5 Å². The van der Waals surface area contributed by atoms with Crippen LogP contribution < -0.4 is 5.73 Å². The fourth-order valence-electron chi connectivity index (χ4n) is 8.61. The van der Waals surface area contributed by atoms with Crippen molar-refractivity contribution >= 4 is 21.6 Å². The lowest BCUT2D eigenvalue weighted by Gasteiger charge is -2.22. The first-order valence-electron chi connectivity index (χ1n) is 19.8. The first kappa shape index (κ1) is 37.9. The minimum absolute atomic E-state index is 0.0633. The molecule has 0 amide bonds. The van der Waals surface area contributed by atoms with Gasteiger partial charge in [-0.05, 0) is 109 Å². The van der Waals surface area contributed by atoms with Crippen LogP contribution >= 0.6 is 15.9 Å². The highest BCUT2D eigenvalue weighted by atomic mass is 79.9. The Kier molecular flexibility index (Phi) is 10.6. The highest BCUT2D eigenvalue weighted by Crippen LogP contribution is 2.50. The molecule has 0 aromatic heterocycles. The Labute approximate surface area is 347 Å². The third-order valence-electron chi connectivity index (χ3n) is 11.6. The van der Waals surface area contributed by atoms with Gasteiger partial charge in [0.1, 0.15) is 0 Å². The van der Waals surface area contributed by atoms with E-state index in [0.29, 0.717) is 0 Å². The minimum Gasteiger partial charge on any atom is -0.399 e. The maximum Gasteiger partial charge on any atom is 0.0320 e. The highest BCUT2D eigenvalue weighted by molar-refractivity contribution is 9.10. The van der Waals surface area contributed by atoms with Gasteiger partial charge in [-0.1, -0.05) is 213 Å². The monoisotopic (exact) mass is 801 g/mol. The Morgan fingerprint density at radius 3 is 1.39 bits per heavy atom.